The monoisotopic (exact) mass is 381 g/mol. The summed E-state index contributed by atoms with van der Waals surface area (Å²) in [7, 11) is 1.79. The third kappa shape index (κ3) is 2.04. The highest BCUT2D eigenvalue weighted by Crippen LogP contribution is 2.28. The van der Waals surface area contributed by atoms with Crippen LogP contribution in [0.15, 0.2) is 51.9 Å². The maximum Gasteiger partial charge on any atom is 0.333 e. The molecule has 0 amide bonds. The van der Waals surface area contributed by atoms with Crippen LogP contribution in [0.3, 0.4) is 0 Å². The number of aromatic nitrogens is 3. The maximum absolute atomic E-state index is 13.0. The van der Waals surface area contributed by atoms with Crippen LogP contribution in [0, 0.1) is 13.8 Å². The van der Waals surface area contributed by atoms with E-state index in [1.54, 1.807) is 22.4 Å². The molecule has 0 saturated carbocycles. The number of pyridine rings is 1. The molecule has 0 aliphatic heterocycles. The number of hydrogen-bond acceptors (Lipinski definition) is 2. The van der Waals surface area contributed by atoms with Crippen molar-refractivity contribution >= 4 is 37.9 Å². The summed E-state index contributed by atoms with van der Waals surface area (Å²) in [4.78, 5) is 17.5. The molecule has 0 radical (unpaired) electrons. The molecule has 0 aliphatic carbocycles. The zero-order valence-corrected chi connectivity index (χ0v) is 15.3. The first-order valence-corrected chi connectivity index (χ1v) is 8.50. The van der Waals surface area contributed by atoms with Crippen LogP contribution >= 0.6 is 15.9 Å². The molecule has 0 N–H and O–H groups in total. The molecule has 4 rings (SSSR count). The zero-order chi connectivity index (χ0) is 17.0. The number of aryl methyl sites for hydroxylation is 2. The lowest BCUT2D eigenvalue weighted by atomic mass is 10.1. The summed E-state index contributed by atoms with van der Waals surface area (Å²) in [6.45, 7) is 4.11. The molecule has 0 unspecified atom stereocenters. The molecule has 120 valence electrons. The lowest BCUT2D eigenvalue weighted by Gasteiger charge is -2.11. The second-order valence-electron chi connectivity index (χ2n) is 6.05. The maximum atomic E-state index is 13.0. The van der Waals surface area contributed by atoms with Gasteiger partial charge in [-0.2, -0.15) is 0 Å². The number of rotatable bonds is 1. The number of imidazole rings is 1. The van der Waals surface area contributed by atoms with Gasteiger partial charge in [-0.3, -0.25) is 14.1 Å². The Morgan fingerprint density at radius 1 is 1.12 bits per heavy atom. The second-order valence-corrected chi connectivity index (χ2v) is 6.97. The summed E-state index contributed by atoms with van der Waals surface area (Å²) in [5.41, 5.74) is 5.71. The largest absolute Gasteiger partial charge is 0.333 e. The van der Waals surface area contributed by atoms with Gasteiger partial charge in [-0.1, -0.05) is 28.1 Å². The van der Waals surface area contributed by atoms with Crippen LogP contribution in [-0.2, 0) is 7.05 Å². The lowest BCUT2D eigenvalue weighted by molar-refractivity contribution is 0.843. The number of nitrogens with zero attached hydrogens (tertiary/aromatic N) is 3. The fourth-order valence-electron chi connectivity index (χ4n) is 3.17. The first-order valence-electron chi connectivity index (χ1n) is 7.71. The van der Waals surface area contributed by atoms with Crippen LogP contribution in [0.2, 0.25) is 0 Å². The Labute approximate surface area is 147 Å². The van der Waals surface area contributed by atoms with E-state index in [2.05, 4.69) is 40.8 Å². The summed E-state index contributed by atoms with van der Waals surface area (Å²) in [6.07, 6.45) is 1.77. The van der Waals surface area contributed by atoms with Crippen molar-refractivity contribution in [1.29, 1.82) is 0 Å². The molecule has 0 aliphatic rings. The van der Waals surface area contributed by atoms with E-state index in [1.165, 1.54) is 0 Å². The van der Waals surface area contributed by atoms with Gasteiger partial charge in [0.25, 0.3) is 0 Å². The molecular formula is C19H16BrN3O. The van der Waals surface area contributed by atoms with Gasteiger partial charge in [0, 0.05) is 16.9 Å². The Kier molecular flexibility index (Phi) is 3.35. The van der Waals surface area contributed by atoms with Crippen LogP contribution in [-0.4, -0.2) is 14.1 Å². The Morgan fingerprint density at radius 2 is 1.92 bits per heavy atom. The predicted molar refractivity (Wildman–Crippen MR) is 101 cm³/mol. The van der Waals surface area contributed by atoms with Gasteiger partial charge in [0.1, 0.15) is 0 Å². The van der Waals surface area contributed by atoms with Gasteiger partial charge in [-0.25, -0.2) is 4.79 Å². The molecule has 2 aromatic heterocycles. The molecule has 0 saturated heterocycles. The van der Waals surface area contributed by atoms with Crippen molar-refractivity contribution in [3.8, 4) is 5.69 Å². The Hall–Kier alpha value is -2.40. The lowest BCUT2D eigenvalue weighted by Crippen LogP contribution is -2.21. The molecule has 5 heteroatoms. The topological polar surface area (TPSA) is 39.8 Å². The molecule has 4 aromatic rings. The first kappa shape index (κ1) is 15.1. The van der Waals surface area contributed by atoms with Crippen LogP contribution in [0.1, 0.15) is 11.1 Å². The van der Waals surface area contributed by atoms with E-state index in [9.17, 15) is 4.79 Å². The van der Waals surface area contributed by atoms with Crippen molar-refractivity contribution in [3.63, 3.8) is 0 Å². The molecular weight excluding hydrogens is 366 g/mol. The Balaban J connectivity index is 2.27. The minimum atomic E-state index is -0.0621. The predicted octanol–water partition coefficient (Wildman–Crippen LogP) is 4.26. The summed E-state index contributed by atoms with van der Waals surface area (Å²) < 4.78 is 4.42. The van der Waals surface area contributed by atoms with Gasteiger partial charge >= 0.3 is 5.69 Å². The van der Waals surface area contributed by atoms with E-state index in [-0.39, 0.29) is 5.69 Å². The van der Waals surface area contributed by atoms with Gasteiger partial charge in [-0.15, -0.1) is 0 Å². The summed E-state index contributed by atoms with van der Waals surface area (Å²) >= 11 is 3.53. The summed E-state index contributed by atoms with van der Waals surface area (Å²) in [6, 6.07) is 12.0. The van der Waals surface area contributed by atoms with E-state index >= 15 is 0 Å². The number of hydrogen-bond donors (Lipinski definition) is 0. The van der Waals surface area contributed by atoms with Crippen LogP contribution in [0.5, 0.6) is 0 Å². The van der Waals surface area contributed by atoms with Crippen molar-refractivity contribution < 1.29 is 0 Å². The number of fused-ring (bicyclic) bond motifs is 3. The molecule has 4 nitrogen and oxygen atoms in total. The fourth-order valence-corrected chi connectivity index (χ4v) is 3.53. The van der Waals surface area contributed by atoms with Crippen molar-refractivity contribution in [3.05, 3.63) is 68.7 Å². The molecule has 2 aromatic carbocycles. The number of benzene rings is 2. The van der Waals surface area contributed by atoms with Crippen molar-refractivity contribution in [2.75, 3.05) is 0 Å². The van der Waals surface area contributed by atoms with Crippen LogP contribution in [0.4, 0.5) is 0 Å². The molecule has 2 heterocycles. The van der Waals surface area contributed by atoms with Crippen molar-refractivity contribution in [2.45, 2.75) is 13.8 Å². The van der Waals surface area contributed by atoms with E-state index in [1.807, 2.05) is 30.3 Å². The summed E-state index contributed by atoms with van der Waals surface area (Å²) in [5, 5.41) is 0.959. The summed E-state index contributed by atoms with van der Waals surface area (Å²) in [5.74, 6) is 0. The van der Waals surface area contributed by atoms with Crippen LogP contribution < -0.4 is 5.69 Å². The normalized spacial score (nSPS) is 11.5. The van der Waals surface area contributed by atoms with Crippen molar-refractivity contribution in [1.82, 2.24) is 14.1 Å². The fraction of sp³-hybridized carbons (Fsp3) is 0.158. The van der Waals surface area contributed by atoms with Gasteiger partial charge in [-0.05, 0) is 49.2 Å². The minimum Gasteiger partial charge on any atom is -0.293 e. The highest BCUT2D eigenvalue weighted by molar-refractivity contribution is 9.10. The quantitative estimate of drug-likeness (QED) is 0.494. The molecule has 0 spiro atoms. The molecule has 0 atom stereocenters. The van der Waals surface area contributed by atoms with Crippen molar-refractivity contribution in [2.24, 2.45) is 7.05 Å². The van der Waals surface area contributed by atoms with Crippen LogP contribution in [0.25, 0.3) is 27.6 Å². The Bertz CT molecular complexity index is 1170. The average Bonchev–Trinajstić information content (AvgIpc) is 2.82. The second kappa shape index (κ2) is 5.31. The number of halogens is 1. The van der Waals surface area contributed by atoms with E-state index in [0.29, 0.717) is 0 Å². The van der Waals surface area contributed by atoms with Gasteiger partial charge < -0.3 is 0 Å². The SMILES string of the molecule is Cc1cccc(-n2c(=O)n(C)c3cnc4ccc(Br)cc4c32)c1C. The third-order valence-electron chi connectivity index (χ3n) is 4.66. The standard InChI is InChI=1S/C19H16BrN3O/c1-11-5-4-6-16(12(11)2)23-18-14-9-13(20)7-8-15(14)21-10-17(18)22(3)19(23)24/h4-10H,1-3H3. The molecule has 0 bridgehead atoms. The Morgan fingerprint density at radius 3 is 2.71 bits per heavy atom. The minimum absolute atomic E-state index is 0.0621. The first-order chi connectivity index (χ1) is 11.5. The van der Waals surface area contributed by atoms with Gasteiger partial charge in [0.2, 0.25) is 0 Å². The molecule has 0 fully saturated rings. The van der Waals surface area contributed by atoms with E-state index in [0.717, 1.165) is 43.2 Å². The zero-order valence-electron chi connectivity index (χ0n) is 13.7. The molecule has 24 heavy (non-hydrogen) atoms. The highest BCUT2D eigenvalue weighted by Gasteiger charge is 2.17. The smallest absolute Gasteiger partial charge is 0.293 e. The third-order valence-corrected chi connectivity index (χ3v) is 5.16. The van der Waals surface area contributed by atoms with Gasteiger partial charge in [0.05, 0.1) is 28.4 Å². The highest BCUT2D eigenvalue weighted by atomic mass is 79.9. The van der Waals surface area contributed by atoms with Gasteiger partial charge in [0.15, 0.2) is 0 Å². The average molecular weight is 382 g/mol. The van der Waals surface area contributed by atoms with E-state index < -0.39 is 0 Å². The van der Waals surface area contributed by atoms with E-state index in [4.69, 9.17) is 0 Å².